The van der Waals surface area contributed by atoms with Crippen molar-refractivity contribution in [2.24, 2.45) is 0 Å². The number of carboxylic acid groups (broad SMARTS) is 1. The molecule has 13 heteroatoms. The number of carbonyl (C=O) groups is 1. The number of β-amino-alcohol motifs (C(OH)–C–C–N with tert-alkyl or cyclic N) is 1. The van der Waals surface area contributed by atoms with Crippen molar-refractivity contribution in [1.29, 1.82) is 0 Å². The first-order chi connectivity index (χ1) is 20.3. The maximum atomic E-state index is 15.6. The van der Waals surface area contributed by atoms with E-state index >= 15 is 4.39 Å². The lowest BCUT2D eigenvalue weighted by Crippen LogP contribution is -2.49. The van der Waals surface area contributed by atoms with Crippen molar-refractivity contribution in [3.05, 3.63) is 52.1 Å². The number of H-pyrrole nitrogens is 1. The van der Waals surface area contributed by atoms with Crippen molar-refractivity contribution < 1.29 is 28.9 Å². The normalized spacial score (nSPS) is 16.7. The van der Waals surface area contributed by atoms with Crippen molar-refractivity contribution >= 4 is 45.4 Å². The number of aromatic carboxylic acids is 1. The summed E-state index contributed by atoms with van der Waals surface area (Å²) in [6.45, 7) is 2.64. The molecule has 1 aliphatic carbocycles. The number of nitrogens with zero attached hydrogens (tertiary/aromatic N) is 4. The van der Waals surface area contributed by atoms with Crippen molar-refractivity contribution in [1.82, 2.24) is 19.4 Å². The summed E-state index contributed by atoms with van der Waals surface area (Å²) < 4.78 is 28.3. The lowest BCUT2D eigenvalue weighted by atomic mass is 10.1. The van der Waals surface area contributed by atoms with Crippen molar-refractivity contribution in [3.63, 3.8) is 0 Å². The fourth-order valence-corrected chi connectivity index (χ4v) is 6.37. The number of aliphatic hydroxyl groups is 1. The number of aliphatic hydroxyl groups excluding tert-OH is 1. The van der Waals surface area contributed by atoms with Gasteiger partial charge in [-0.25, -0.2) is 14.2 Å². The van der Waals surface area contributed by atoms with Gasteiger partial charge in [-0.1, -0.05) is 11.8 Å². The smallest absolute Gasteiger partial charge is 0.341 e. The predicted molar refractivity (Wildman–Crippen MR) is 158 cm³/mol. The highest BCUT2D eigenvalue weighted by molar-refractivity contribution is 7.99. The molecule has 2 aromatic carbocycles. The summed E-state index contributed by atoms with van der Waals surface area (Å²) in [6, 6.07) is 6.80. The lowest BCUT2D eigenvalue weighted by Gasteiger charge is -2.37. The minimum atomic E-state index is -1.34. The Hall–Kier alpha value is -3.81. The Bertz CT molecular complexity index is 1710. The van der Waals surface area contributed by atoms with Crippen LogP contribution in [0.25, 0.3) is 21.9 Å². The largest absolute Gasteiger partial charge is 0.497 e. The molecule has 2 fully saturated rings. The lowest BCUT2D eigenvalue weighted by molar-refractivity contribution is 0.0694. The second-order valence-electron chi connectivity index (χ2n) is 10.6. The number of rotatable bonds is 10. The number of hydrogen-bond acceptors (Lipinski definition) is 9. The third-order valence-electron chi connectivity index (χ3n) is 7.81. The molecule has 11 nitrogen and oxygen atoms in total. The number of imidazole rings is 1. The number of fused-ring (bicyclic) bond motifs is 2. The van der Waals surface area contributed by atoms with Gasteiger partial charge in [0.05, 0.1) is 42.3 Å². The Balaban J connectivity index is 1.14. The number of hydrogen-bond donors (Lipinski definition) is 3. The van der Waals surface area contributed by atoms with Crippen LogP contribution in [-0.4, -0.2) is 94.4 Å². The van der Waals surface area contributed by atoms with E-state index in [4.69, 9.17) is 9.47 Å². The molecular formula is C29H32FN5O6S. The molecule has 2 aliphatic rings. The van der Waals surface area contributed by atoms with E-state index in [2.05, 4.69) is 14.9 Å². The van der Waals surface area contributed by atoms with Crippen LogP contribution in [0.1, 0.15) is 29.2 Å². The average molecular weight is 598 g/mol. The number of anilines is 1. The van der Waals surface area contributed by atoms with Gasteiger partial charge in [0.15, 0.2) is 16.7 Å². The maximum absolute atomic E-state index is 15.6. The number of thioether (sulfide) groups is 1. The van der Waals surface area contributed by atoms with E-state index in [9.17, 15) is 19.8 Å². The van der Waals surface area contributed by atoms with Gasteiger partial charge in [-0.15, -0.1) is 0 Å². The van der Waals surface area contributed by atoms with Gasteiger partial charge in [0.25, 0.3) is 0 Å². The third kappa shape index (κ3) is 5.39. The molecule has 0 spiro atoms. The van der Waals surface area contributed by atoms with Crippen LogP contribution in [0, 0.1) is 5.82 Å². The fraction of sp³-hybridized carbons (Fsp3) is 0.414. The minimum absolute atomic E-state index is 0.00255. The number of aromatic nitrogens is 3. The first-order valence-electron chi connectivity index (χ1n) is 13.8. The van der Waals surface area contributed by atoms with Crippen LogP contribution in [0.4, 0.5) is 10.1 Å². The molecule has 1 unspecified atom stereocenters. The zero-order chi connectivity index (χ0) is 29.5. The topological polar surface area (TPSA) is 133 Å². The van der Waals surface area contributed by atoms with Crippen molar-refractivity contribution in [2.75, 3.05) is 57.6 Å². The van der Waals surface area contributed by atoms with Crippen LogP contribution in [-0.2, 0) is 0 Å². The van der Waals surface area contributed by atoms with E-state index in [1.54, 1.807) is 11.7 Å². The molecule has 1 atom stereocenters. The quantitative estimate of drug-likeness (QED) is 0.234. The summed E-state index contributed by atoms with van der Waals surface area (Å²) in [5.74, 6) is -0.530. The summed E-state index contributed by atoms with van der Waals surface area (Å²) in [4.78, 5) is 36.5. The van der Waals surface area contributed by atoms with Crippen LogP contribution in [0.2, 0.25) is 0 Å². The summed E-state index contributed by atoms with van der Waals surface area (Å²) in [5, 5.41) is 21.0. The van der Waals surface area contributed by atoms with Crippen LogP contribution >= 0.6 is 11.8 Å². The molecule has 0 bridgehead atoms. The Morgan fingerprint density at radius 3 is 2.62 bits per heavy atom. The highest BCUT2D eigenvalue weighted by Gasteiger charge is 2.32. The number of nitrogens with one attached hydrogen (secondary N) is 1. The second kappa shape index (κ2) is 11.5. The molecule has 6 rings (SSSR count). The van der Waals surface area contributed by atoms with Gasteiger partial charge >= 0.3 is 5.97 Å². The predicted octanol–water partition coefficient (Wildman–Crippen LogP) is 3.34. The Labute approximate surface area is 244 Å². The fourth-order valence-electron chi connectivity index (χ4n) is 5.56. The average Bonchev–Trinajstić information content (AvgIpc) is 3.74. The first kappa shape index (κ1) is 28.3. The van der Waals surface area contributed by atoms with Crippen LogP contribution < -0.4 is 19.8 Å². The first-order valence-corrected chi connectivity index (χ1v) is 14.8. The summed E-state index contributed by atoms with van der Waals surface area (Å²) in [7, 11) is 3.05. The molecule has 3 heterocycles. The molecule has 42 heavy (non-hydrogen) atoms. The van der Waals surface area contributed by atoms with E-state index < -0.39 is 23.3 Å². The van der Waals surface area contributed by atoms with Crippen LogP contribution in [0.3, 0.4) is 0 Å². The number of benzene rings is 2. The summed E-state index contributed by atoms with van der Waals surface area (Å²) in [6.07, 6.45) is 2.45. The van der Waals surface area contributed by atoms with E-state index in [1.165, 1.54) is 25.1 Å². The number of aromatic amines is 1. The molecule has 2 aromatic heterocycles. The molecule has 3 N–H and O–H groups in total. The Kier molecular flexibility index (Phi) is 7.73. The van der Waals surface area contributed by atoms with E-state index in [1.807, 2.05) is 23.1 Å². The Morgan fingerprint density at radius 1 is 1.19 bits per heavy atom. The van der Waals surface area contributed by atoms with Gasteiger partial charge in [0.2, 0.25) is 5.43 Å². The zero-order valence-corrected chi connectivity index (χ0v) is 24.1. The number of methoxy groups -OCH3 is 2. The van der Waals surface area contributed by atoms with Gasteiger partial charge in [-0.05, 0) is 31.0 Å². The van der Waals surface area contributed by atoms with E-state index in [0.717, 1.165) is 40.8 Å². The monoisotopic (exact) mass is 597 g/mol. The molecule has 4 aromatic rings. The molecule has 222 valence electrons. The number of piperazine rings is 1. The number of halogens is 1. The zero-order valence-electron chi connectivity index (χ0n) is 23.3. The highest BCUT2D eigenvalue weighted by atomic mass is 32.2. The van der Waals surface area contributed by atoms with Gasteiger partial charge in [-0.3, -0.25) is 9.69 Å². The Morgan fingerprint density at radius 2 is 1.95 bits per heavy atom. The number of carboxylic acids is 1. The maximum Gasteiger partial charge on any atom is 0.341 e. The third-order valence-corrected chi connectivity index (χ3v) is 8.83. The van der Waals surface area contributed by atoms with Gasteiger partial charge in [0.1, 0.15) is 17.0 Å². The van der Waals surface area contributed by atoms with Crippen molar-refractivity contribution in [2.45, 2.75) is 30.1 Å². The SMILES string of the molecule is COc1ccc2nc(SCC(O)CN3CCN(c4c(F)cc5c(=O)c(C(=O)O)cn(C6CC6)c5c4OC)CC3)[nH]c2c1. The second-order valence-corrected chi connectivity index (χ2v) is 11.6. The molecule has 0 radical (unpaired) electrons. The number of ether oxygens (including phenoxy) is 2. The standard InChI is InChI=1S/C29H32FN5O6S/c1-40-18-5-6-22-23(11-18)32-29(31-22)42-15-17(36)13-33-7-9-34(10-8-33)25-21(30)12-19-24(27(25)41-2)35(16-3-4-16)14-20(26(19)37)28(38)39/h5-6,11-12,14,16-17,36H,3-4,7-10,13,15H2,1-2H3,(H,31,32)(H,38,39). The summed E-state index contributed by atoms with van der Waals surface area (Å²) in [5.41, 5.74) is 1.28. The van der Waals surface area contributed by atoms with Crippen molar-refractivity contribution in [3.8, 4) is 11.5 Å². The molecule has 1 saturated carbocycles. The molecule has 1 saturated heterocycles. The molecule has 1 aliphatic heterocycles. The molecule has 0 amide bonds. The van der Waals surface area contributed by atoms with Gasteiger partial charge < -0.3 is 34.1 Å². The number of pyridine rings is 1. The highest BCUT2D eigenvalue weighted by Crippen LogP contribution is 2.43. The molecular weight excluding hydrogens is 565 g/mol. The van der Waals surface area contributed by atoms with Gasteiger partial charge in [-0.2, -0.15) is 0 Å². The van der Waals surface area contributed by atoms with E-state index in [0.29, 0.717) is 44.0 Å². The minimum Gasteiger partial charge on any atom is -0.497 e. The van der Waals surface area contributed by atoms with Crippen LogP contribution in [0.15, 0.2) is 40.4 Å². The van der Waals surface area contributed by atoms with Gasteiger partial charge in [0, 0.05) is 56.8 Å². The summed E-state index contributed by atoms with van der Waals surface area (Å²) >= 11 is 1.45. The van der Waals surface area contributed by atoms with Crippen LogP contribution in [0.5, 0.6) is 11.5 Å². The van der Waals surface area contributed by atoms with E-state index in [-0.39, 0.29) is 28.4 Å².